The summed E-state index contributed by atoms with van der Waals surface area (Å²) in [6.45, 7) is 4.32. The first-order valence-electron chi connectivity index (χ1n) is 8.86. The molecule has 136 valence electrons. The van der Waals surface area contributed by atoms with Crippen LogP contribution in [-0.4, -0.2) is 78.0 Å². The number of rotatable bonds is 3. The first kappa shape index (κ1) is 17.5. The van der Waals surface area contributed by atoms with Gasteiger partial charge in [-0.1, -0.05) is 0 Å². The van der Waals surface area contributed by atoms with Gasteiger partial charge in [-0.25, -0.2) is 9.78 Å². The van der Waals surface area contributed by atoms with Gasteiger partial charge in [0.1, 0.15) is 5.56 Å². The quantitative estimate of drug-likeness (QED) is 0.835. The third kappa shape index (κ3) is 3.55. The molecule has 0 aliphatic carbocycles. The van der Waals surface area contributed by atoms with E-state index in [4.69, 9.17) is 4.74 Å². The summed E-state index contributed by atoms with van der Waals surface area (Å²) in [5.41, 5.74) is 0.502. The van der Waals surface area contributed by atoms with Gasteiger partial charge < -0.3 is 19.4 Å². The fraction of sp³-hybridized carbons (Fsp3) is 0.611. The molecule has 25 heavy (non-hydrogen) atoms. The molecule has 7 nitrogen and oxygen atoms in total. The number of carbonyl (C=O) groups excluding carboxylic acids is 2. The number of aromatic nitrogens is 1. The van der Waals surface area contributed by atoms with Crippen molar-refractivity contribution in [2.75, 3.05) is 40.3 Å². The number of amides is 3. The topological polar surface area (TPSA) is 66.0 Å². The predicted molar refractivity (Wildman–Crippen MR) is 93.6 cm³/mol. The molecule has 3 amide bonds. The van der Waals surface area contributed by atoms with Gasteiger partial charge in [0, 0.05) is 46.0 Å². The van der Waals surface area contributed by atoms with E-state index in [-0.39, 0.29) is 18.0 Å². The second-order valence-electron chi connectivity index (χ2n) is 6.93. The summed E-state index contributed by atoms with van der Waals surface area (Å²) in [7, 11) is 3.53. The first-order chi connectivity index (χ1) is 12.0. The summed E-state index contributed by atoms with van der Waals surface area (Å²) in [5.74, 6) is 0.653. The summed E-state index contributed by atoms with van der Waals surface area (Å²) < 4.78 is 5.52. The Kier molecular flexibility index (Phi) is 5.11. The number of urea groups is 1. The summed E-state index contributed by atoms with van der Waals surface area (Å²) in [4.78, 5) is 35.1. The molecule has 4 rings (SSSR count). The van der Waals surface area contributed by atoms with E-state index in [9.17, 15) is 9.59 Å². The van der Waals surface area contributed by atoms with Crippen LogP contribution < -0.4 is 4.74 Å². The summed E-state index contributed by atoms with van der Waals surface area (Å²) >= 11 is 0. The number of hydrogen-bond donors (Lipinski definition) is 0. The molecule has 0 aromatic carbocycles. The number of hydrogen-bond acceptors (Lipinski definition) is 4. The van der Waals surface area contributed by atoms with Crippen molar-refractivity contribution in [3.05, 3.63) is 23.9 Å². The van der Waals surface area contributed by atoms with E-state index in [1.165, 1.54) is 0 Å². The summed E-state index contributed by atoms with van der Waals surface area (Å²) in [5, 5.41) is 0. The SMILES string of the molecule is CCOc1ncccc1C(=O)N1C[C@@H]2CC[C@H]1CN(C(=O)N(C)C)C2. The molecule has 3 fully saturated rings. The van der Waals surface area contributed by atoms with Gasteiger partial charge >= 0.3 is 6.03 Å². The number of carbonyl (C=O) groups is 2. The van der Waals surface area contributed by atoms with Gasteiger partial charge in [-0.15, -0.1) is 0 Å². The maximum atomic E-state index is 13.1. The van der Waals surface area contributed by atoms with Crippen LogP contribution in [0.1, 0.15) is 30.1 Å². The lowest BCUT2D eigenvalue weighted by Crippen LogP contribution is -2.48. The van der Waals surface area contributed by atoms with Crippen LogP contribution in [0.4, 0.5) is 4.79 Å². The van der Waals surface area contributed by atoms with Gasteiger partial charge in [-0.3, -0.25) is 4.79 Å². The van der Waals surface area contributed by atoms with Crippen molar-refractivity contribution < 1.29 is 14.3 Å². The second kappa shape index (κ2) is 7.29. The molecule has 4 heterocycles. The van der Waals surface area contributed by atoms with Gasteiger partial charge in [0.25, 0.3) is 5.91 Å². The molecule has 2 bridgehead atoms. The molecular formula is C18H26N4O3. The average Bonchev–Trinajstić information content (AvgIpc) is 2.93. The minimum Gasteiger partial charge on any atom is -0.477 e. The van der Waals surface area contributed by atoms with Crippen LogP contribution in [0.5, 0.6) is 5.88 Å². The van der Waals surface area contributed by atoms with Crippen molar-refractivity contribution in [3.8, 4) is 5.88 Å². The molecule has 0 unspecified atom stereocenters. The van der Waals surface area contributed by atoms with E-state index in [2.05, 4.69) is 4.98 Å². The largest absolute Gasteiger partial charge is 0.477 e. The van der Waals surface area contributed by atoms with Crippen molar-refractivity contribution in [2.24, 2.45) is 5.92 Å². The molecule has 1 aromatic rings. The Labute approximate surface area is 148 Å². The molecule has 2 atom stereocenters. The Hall–Kier alpha value is -2.31. The Bertz CT molecular complexity index is 649. The minimum atomic E-state index is -0.0506. The van der Waals surface area contributed by atoms with Crippen LogP contribution in [0, 0.1) is 5.92 Å². The van der Waals surface area contributed by atoms with Gasteiger partial charge in [-0.2, -0.15) is 0 Å². The highest BCUT2D eigenvalue weighted by molar-refractivity contribution is 5.96. The molecular weight excluding hydrogens is 320 g/mol. The van der Waals surface area contributed by atoms with E-state index >= 15 is 0 Å². The van der Waals surface area contributed by atoms with Gasteiger partial charge in [0.05, 0.1) is 6.61 Å². The highest BCUT2D eigenvalue weighted by Gasteiger charge is 2.39. The second-order valence-corrected chi connectivity index (χ2v) is 6.93. The lowest BCUT2D eigenvalue weighted by atomic mass is 9.94. The average molecular weight is 346 g/mol. The Balaban J connectivity index is 1.82. The van der Waals surface area contributed by atoms with E-state index in [1.54, 1.807) is 37.3 Å². The van der Waals surface area contributed by atoms with Gasteiger partial charge in [0.15, 0.2) is 0 Å². The minimum absolute atomic E-state index is 0.0163. The van der Waals surface area contributed by atoms with E-state index in [1.807, 2.05) is 16.7 Å². The van der Waals surface area contributed by atoms with Crippen molar-refractivity contribution in [3.63, 3.8) is 0 Å². The van der Waals surface area contributed by atoms with Gasteiger partial charge in [-0.05, 0) is 37.8 Å². The smallest absolute Gasteiger partial charge is 0.319 e. The Morgan fingerprint density at radius 2 is 2.08 bits per heavy atom. The molecule has 7 heteroatoms. The molecule has 0 radical (unpaired) electrons. The summed E-state index contributed by atoms with van der Waals surface area (Å²) in [6, 6.07) is 3.59. The predicted octanol–water partition coefficient (Wildman–Crippen LogP) is 1.70. The fourth-order valence-electron chi connectivity index (χ4n) is 3.73. The number of pyridine rings is 1. The van der Waals surface area contributed by atoms with Crippen LogP contribution in [0.2, 0.25) is 0 Å². The van der Waals surface area contributed by atoms with Gasteiger partial charge in [0.2, 0.25) is 5.88 Å². The molecule has 3 aliphatic heterocycles. The van der Waals surface area contributed by atoms with Crippen LogP contribution in [0.15, 0.2) is 18.3 Å². The highest BCUT2D eigenvalue weighted by atomic mass is 16.5. The van der Waals surface area contributed by atoms with Crippen molar-refractivity contribution >= 4 is 11.9 Å². The standard InChI is InChI=1S/C18H26N4O3/c1-4-25-16-15(6-5-9-19-16)17(23)22-11-13-7-8-14(22)12-21(10-13)18(24)20(2)3/h5-6,9,13-14H,4,7-8,10-12H2,1-3H3/t13-,14+/m1/s1. The number of ether oxygens (including phenoxy) is 1. The molecule has 3 aliphatic rings. The van der Waals surface area contributed by atoms with E-state index in [0.29, 0.717) is 43.6 Å². The third-order valence-corrected chi connectivity index (χ3v) is 4.91. The van der Waals surface area contributed by atoms with Crippen LogP contribution in [0.3, 0.4) is 0 Å². The maximum absolute atomic E-state index is 13.1. The molecule has 3 saturated heterocycles. The third-order valence-electron chi connectivity index (χ3n) is 4.91. The molecule has 0 saturated carbocycles. The molecule has 0 spiro atoms. The van der Waals surface area contributed by atoms with Crippen LogP contribution in [-0.2, 0) is 0 Å². The van der Waals surface area contributed by atoms with Crippen molar-refractivity contribution in [2.45, 2.75) is 25.8 Å². The zero-order valence-corrected chi connectivity index (χ0v) is 15.1. The lowest BCUT2D eigenvalue weighted by Gasteiger charge is -2.36. The van der Waals surface area contributed by atoms with Crippen molar-refractivity contribution in [1.29, 1.82) is 0 Å². The number of piperidine rings is 1. The van der Waals surface area contributed by atoms with E-state index < -0.39 is 0 Å². The zero-order chi connectivity index (χ0) is 18.0. The Morgan fingerprint density at radius 3 is 2.80 bits per heavy atom. The highest BCUT2D eigenvalue weighted by Crippen LogP contribution is 2.30. The normalized spacial score (nSPS) is 22.5. The first-order valence-corrected chi connectivity index (χ1v) is 8.86. The number of fused-ring (bicyclic) bond motifs is 4. The monoisotopic (exact) mass is 346 g/mol. The summed E-state index contributed by atoms with van der Waals surface area (Å²) in [6.07, 6.45) is 3.61. The maximum Gasteiger partial charge on any atom is 0.319 e. The zero-order valence-electron chi connectivity index (χ0n) is 15.1. The fourth-order valence-corrected chi connectivity index (χ4v) is 3.73. The van der Waals surface area contributed by atoms with E-state index in [0.717, 1.165) is 12.8 Å². The molecule has 0 N–H and O–H groups in total. The van der Waals surface area contributed by atoms with Crippen molar-refractivity contribution in [1.82, 2.24) is 19.7 Å². The van der Waals surface area contributed by atoms with Crippen LogP contribution >= 0.6 is 0 Å². The number of nitrogens with zero attached hydrogens (tertiary/aromatic N) is 4. The van der Waals surface area contributed by atoms with Crippen LogP contribution in [0.25, 0.3) is 0 Å². The Morgan fingerprint density at radius 1 is 1.28 bits per heavy atom. The lowest BCUT2D eigenvalue weighted by molar-refractivity contribution is 0.0580. The molecule has 1 aromatic heterocycles.